The fourth-order valence-corrected chi connectivity index (χ4v) is 2.72. The highest BCUT2D eigenvalue weighted by Crippen LogP contribution is 2.30. The van der Waals surface area contributed by atoms with Gasteiger partial charge in [0, 0.05) is 5.39 Å². The maximum Gasteiger partial charge on any atom is 0.265 e. The van der Waals surface area contributed by atoms with E-state index in [9.17, 15) is 4.79 Å². The van der Waals surface area contributed by atoms with Crippen LogP contribution in [0.3, 0.4) is 0 Å². The number of halogens is 2. The lowest BCUT2D eigenvalue weighted by Gasteiger charge is -2.17. The highest BCUT2D eigenvalue weighted by molar-refractivity contribution is 6.44. The van der Waals surface area contributed by atoms with Crippen LogP contribution in [-0.4, -0.2) is 12.0 Å². The van der Waals surface area contributed by atoms with Crippen molar-refractivity contribution < 1.29 is 9.53 Å². The predicted octanol–water partition coefficient (Wildman–Crippen LogP) is 5.55. The quantitative estimate of drug-likeness (QED) is 0.662. The molecule has 0 heterocycles. The Labute approximate surface area is 150 Å². The monoisotopic (exact) mass is 359 g/mol. The number of anilines is 1. The Hall–Kier alpha value is -2.23. The number of hydrogen-bond donors (Lipinski definition) is 1. The summed E-state index contributed by atoms with van der Waals surface area (Å²) >= 11 is 12.1. The lowest BCUT2D eigenvalue weighted by molar-refractivity contribution is -0.122. The van der Waals surface area contributed by atoms with Crippen LogP contribution < -0.4 is 10.1 Å². The van der Waals surface area contributed by atoms with Gasteiger partial charge >= 0.3 is 0 Å². The minimum atomic E-state index is -0.689. The van der Waals surface area contributed by atoms with Gasteiger partial charge in [-0.3, -0.25) is 4.79 Å². The van der Waals surface area contributed by atoms with Gasteiger partial charge in [0.1, 0.15) is 5.75 Å². The van der Waals surface area contributed by atoms with Crippen LogP contribution in [0.25, 0.3) is 10.8 Å². The fourth-order valence-electron chi connectivity index (χ4n) is 2.38. The number of nitrogens with one attached hydrogen (secondary N) is 1. The molecule has 1 amide bonds. The van der Waals surface area contributed by atoms with Gasteiger partial charge in [-0.15, -0.1) is 0 Å². The number of fused-ring (bicyclic) bond motifs is 1. The van der Waals surface area contributed by atoms with Crippen molar-refractivity contribution in [3.63, 3.8) is 0 Å². The molecule has 0 aliphatic carbocycles. The first-order valence-electron chi connectivity index (χ1n) is 7.45. The van der Waals surface area contributed by atoms with E-state index in [2.05, 4.69) is 5.32 Å². The lowest BCUT2D eigenvalue weighted by atomic mass is 10.1. The molecule has 1 N–H and O–H groups in total. The molecule has 0 fully saturated rings. The maximum atomic E-state index is 12.4. The number of ether oxygens (including phenoxy) is 1. The summed E-state index contributed by atoms with van der Waals surface area (Å²) < 4.78 is 5.84. The first kappa shape index (κ1) is 16.6. The van der Waals surface area contributed by atoms with Crippen LogP contribution in [0.2, 0.25) is 10.0 Å². The van der Waals surface area contributed by atoms with Crippen LogP contribution in [0.15, 0.2) is 60.7 Å². The highest BCUT2D eigenvalue weighted by Gasteiger charge is 2.17. The van der Waals surface area contributed by atoms with Gasteiger partial charge in [-0.1, -0.05) is 65.7 Å². The molecule has 3 rings (SSSR count). The number of carbonyl (C=O) groups excluding carboxylic acids is 1. The molecule has 3 aromatic carbocycles. The molecule has 5 heteroatoms. The van der Waals surface area contributed by atoms with Crippen molar-refractivity contribution >= 4 is 45.6 Å². The normalized spacial score (nSPS) is 12.0. The van der Waals surface area contributed by atoms with E-state index in [1.54, 1.807) is 25.1 Å². The number of carbonyl (C=O) groups is 1. The van der Waals surface area contributed by atoms with Crippen molar-refractivity contribution in [1.82, 2.24) is 0 Å². The first-order chi connectivity index (χ1) is 11.6. The van der Waals surface area contributed by atoms with Crippen LogP contribution in [0.1, 0.15) is 6.92 Å². The average Bonchev–Trinajstić information content (AvgIpc) is 2.59. The van der Waals surface area contributed by atoms with Crippen molar-refractivity contribution in [1.29, 1.82) is 0 Å². The van der Waals surface area contributed by atoms with E-state index in [0.717, 1.165) is 10.8 Å². The maximum absolute atomic E-state index is 12.4. The molecule has 3 aromatic rings. The van der Waals surface area contributed by atoms with Crippen molar-refractivity contribution in [2.45, 2.75) is 13.0 Å². The van der Waals surface area contributed by atoms with E-state index in [4.69, 9.17) is 27.9 Å². The highest BCUT2D eigenvalue weighted by atomic mass is 35.5. The third-order valence-corrected chi connectivity index (χ3v) is 4.45. The zero-order chi connectivity index (χ0) is 17.1. The van der Waals surface area contributed by atoms with Crippen LogP contribution in [-0.2, 0) is 4.79 Å². The zero-order valence-corrected chi connectivity index (χ0v) is 14.4. The Morgan fingerprint density at radius 3 is 2.54 bits per heavy atom. The number of hydrogen-bond acceptors (Lipinski definition) is 2. The van der Waals surface area contributed by atoms with Gasteiger partial charge in [0.15, 0.2) is 6.10 Å². The molecule has 0 saturated heterocycles. The topological polar surface area (TPSA) is 38.3 Å². The number of amides is 1. The van der Waals surface area contributed by atoms with Gasteiger partial charge in [-0.25, -0.2) is 0 Å². The number of rotatable bonds is 4. The molecule has 0 spiro atoms. The van der Waals surface area contributed by atoms with Crippen molar-refractivity contribution in [2.75, 3.05) is 5.32 Å². The molecule has 122 valence electrons. The van der Waals surface area contributed by atoms with Crippen molar-refractivity contribution in [3.8, 4) is 5.75 Å². The Bertz CT molecular complexity index is 890. The summed E-state index contributed by atoms with van der Waals surface area (Å²) in [5, 5.41) is 5.45. The molecule has 0 saturated carbocycles. The summed E-state index contributed by atoms with van der Waals surface area (Å²) in [4.78, 5) is 12.4. The lowest BCUT2D eigenvalue weighted by Crippen LogP contribution is -2.30. The predicted molar refractivity (Wildman–Crippen MR) is 99.1 cm³/mol. The van der Waals surface area contributed by atoms with Crippen LogP contribution >= 0.6 is 23.2 Å². The summed E-state index contributed by atoms with van der Waals surface area (Å²) in [5.74, 6) is 0.361. The molecule has 0 aliphatic rings. The minimum Gasteiger partial charge on any atom is -0.480 e. The number of benzene rings is 3. The molecular formula is C19H15Cl2NO2. The van der Waals surface area contributed by atoms with Crippen molar-refractivity contribution in [3.05, 3.63) is 70.7 Å². The summed E-state index contributed by atoms with van der Waals surface area (Å²) in [7, 11) is 0. The average molecular weight is 360 g/mol. The summed E-state index contributed by atoms with van der Waals surface area (Å²) in [6.07, 6.45) is -0.689. The Kier molecular flexibility index (Phi) is 4.93. The van der Waals surface area contributed by atoms with Gasteiger partial charge in [-0.05, 0) is 30.5 Å². The second-order valence-corrected chi connectivity index (χ2v) is 6.11. The van der Waals surface area contributed by atoms with Gasteiger partial charge in [0.2, 0.25) is 0 Å². The van der Waals surface area contributed by atoms with Gasteiger partial charge in [0.05, 0.1) is 15.7 Å². The smallest absolute Gasteiger partial charge is 0.265 e. The molecule has 24 heavy (non-hydrogen) atoms. The SMILES string of the molecule is C[C@@H](Oc1cccc2ccccc12)C(=O)Nc1cccc(Cl)c1Cl. The van der Waals surface area contributed by atoms with E-state index >= 15 is 0 Å². The molecule has 0 aliphatic heterocycles. The third kappa shape index (κ3) is 3.48. The van der Waals surface area contributed by atoms with Crippen LogP contribution in [0.5, 0.6) is 5.75 Å². The molecule has 0 radical (unpaired) electrons. The van der Waals surface area contributed by atoms with Gasteiger partial charge in [0.25, 0.3) is 5.91 Å². The zero-order valence-electron chi connectivity index (χ0n) is 12.9. The first-order valence-corrected chi connectivity index (χ1v) is 8.21. The molecule has 0 unspecified atom stereocenters. The standard InChI is InChI=1S/C19H15Cl2NO2/c1-12(19(23)22-16-10-5-9-15(20)18(16)21)24-17-11-4-7-13-6-2-3-8-14(13)17/h2-12H,1H3,(H,22,23)/t12-/m1/s1. The molecule has 3 nitrogen and oxygen atoms in total. The van der Waals surface area contributed by atoms with Gasteiger partial charge in [-0.2, -0.15) is 0 Å². The minimum absolute atomic E-state index is 0.299. The summed E-state index contributed by atoms with van der Waals surface area (Å²) in [6.45, 7) is 1.69. The largest absolute Gasteiger partial charge is 0.480 e. The summed E-state index contributed by atoms with van der Waals surface area (Å²) in [6, 6.07) is 18.7. The van der Waals surface area contributed by atoms with E-state index < -0.39 is 6.10 Å². The van der Waals surface area contributed by atoms with E-state index in [-0.39, 0.29) is 5.91 Å². The van der Waals surface area contributed by atoms with E-state index in [1.165, 1.54) is 0 Å². The molecule has 0 bridgehead atoms. The fraction of sp³-hybridized carbons (Fsp3) is 0.105. The van der Waals surface area contributed by atoms with Crippen LogP contribution in [0, 0.1) is 0 Å². The Balaban J connectivity index is 1.77. The van der Waals surface area contributed by atoms with E-state index in [1.807, 2.05) is 42.5 Å². The van der Waals surface area contributed by atoms with E-state index in [0.29, 0.717) is 21.5 Å². The molecule has 1 atom stereocenters. The summed E-state index contributed by atoms with van der Waals surface area (Å²) in [5.41, 5.74) is 0.461. The van der Waals surface area contributed by atoms with Crippen molar-refractivity contribution in [2.24, 2.45) is 0 Å². The third-order valence-electron chi connectivity index (χ3n) is 3.63. The second kappa shape index (κ2) is 7.12. The second-order valence-electron chi connectivity index (χ2n) is 5.33. The Morgan fingerprint density at radius 2 is 1.71 bits per heavy atom. The molecular weight excluding hydrogens is 345 g/mol. The van der Waals surface area contributed by atoms with Gasteiger partial charge < -0.3 is 10.1 Å². The Morgan fingerprint density at radius 1 is 1.00 bits per heavy atom. The van der Waals surface area contributed by atoms with Crippen LogP contribution in [0.4, 0.5) is 5.69 Å². The molecule has 0 aromatic heterocycles.